The number of carbonyl (C=O) groups is 2. The highest BCUT2D eigenvalue weighted by Crippen LogP contribution is 2.38. The maximum absolute atomic E-state index is 15.2. The summed E-state index contributed by atoms with van der Waals surface area (Å²) in [4.78, 5) is 36.5. The molecule has 11 heteroatoms. The normalized spacial score (nSPS) is 26.2. The number of thiazole rings is 1. The number of ether oxygens (including phenoxy) is 1. The molecule has 2 aromatic rings. The fraction of sp³-hybridized carbons (Fsp3) is 0.440. The molecule has 5 rings (SSSR count). The molecular weight excluding hydrogens is 488 g/mol. The molecule has 1 amide bonds. The standard InChI is InChI=1S/C25H27F2N5O3S/c1-3-35-23(33)19-18(13-32-9-7-25(27)15(12-32)11-29-24(25)34)30-21(22-28-8-10-36-22)31-20(19)16-5-4-6-17(26)14(16)2/h4-6,8,10,15,20H,3,7,9,11-13H2,1-2H3,(H,29,34)(H,30,31)/t15-,20+,25-/m1/s1. The van der Waals surface area contributed by atoms with Crippen molar-refractivity contribution in [2.75, 3.05) is 32.8 Å². The van der Waals surface area contributed by atoms with E-state index in [4.69, 9.17) is 9.73 Å². The van der Waals surface area contributed by atoms with Gasteiger partial charge in [0.1, 0.15) is 11.9 Å². The van der Waals surface area contributed by atoms with Gasteiger partial charge in [0.2, 0.25) is 0 Å². The first-order valence-electron chi connectivity index (χ1n) is 11.9. The molecule has 2 fully saturated rings. The maximum Gasteiger partial charge on any atom is 0.338 e. The minimum absolute atomic E-state index is 0.0748. The number of halogens is 2. The Morgan fingerprint density at radius 1 is 1.39 bits per heavy atom. The predicted molar refractivity (Wildman–Crippen MR) is 131 cm³/mol. The molecule has 4 heterocycles. The van der Waals surface area contributed by atoms with Crippen LogP contribution in [0.25, 0.3) is 0 Å². The molecule has 3 aliphatic rings. The molecule has 1 aromatic heterocycles. The van der Waals surface area contributed by atoms with Crippen LogP contribution in [0.3, 0.4) is 0 Å². The van der Waals surface area contributed by atoms with Gasteiger partial charge >= 0.3 is 5.97 Å². The number of carbonyl (C=O) groups excluding carboxylic acids is 2. The molecule has 0 saturated carbocycles. The van der Waals surface area contributed by atoms with Crippen LogP contribution in [0.15, 0.2) is 46.0 Å². The minimum Gasteiger partial charge on any atom is -0.463 e. The zero-order valence-corrected chi connectivity index (χ0v) is 20.8. The van der Waals surface area contributed by atoms with Gasteiger partial charge in [-0.1, -0.05) is 12.1 Å². The van der Waals surface area contributed by atoms with E-state index in [1.165, 1.54) is 17.4 Å². The van der Waals surface area contributed by atoms with Crippen molar-refractivity contribution in [3.05, 3.63) is 63.0 Å². The number of piperidine rings is 1. The summed E-state index contributed by atoms with van der Waals surface area (Å²) in [5.41, 5.74) is -0.0834. The Morgan fingerprint density at radius 2 is 2.22 bits per heavy atom. The predicted octanol–water partition coefficient (Wildman–Crippen LogP) is 2.66. The van der Waals surface area contributed by atoms with Gasteiger partial charge in [0.05, 0.1) is 12.2 Å². The third-order valence-corrected chi connectivity index (χ3v) is 7.83. The summed E-state index contributed by atoms with van der Waals surface area (Å²) in [6.45, 7) is 4.79. The van der Waals surface area contributed by atoms with Crippen LogP contribution in [0, 0.1) is 18.7 Å². The number of alkyl halides is 1. The van der Waals surface area contributed by atoms with Crippen LogP contribution < -0.4 is 10.6 Å². The van der Waals surface area contributed by atoms with Crippen LogP contribution in [-0.4, -0.2) is 66.1 Å². The van der Waals surface area contributed by atoms with Crippen LogP contribution in [0.4, 0.5) is 8.78 Å². The van der Waals surface area contributed by atoms with E-state index in [1.807, 2.05) is 10.3 Å². The molecule has 190 valence electrons. The topological polar surface area (TPSA) is 95.9 Å². The van der Waals surface area contributed by atoms with E-state index in [0.29, 0.717) is 40.8 Å². The molecule has 0 radical (unpaired) electrons. The zero-order chi connectivity index (χ0) is 25.4. The third-order valence-electron chi connectivity index (χ3n) is 7.05. The molecule has 0 spiro atoms. The van der Waals surface area contributed by atoms with E-state index < -0.39 is 35.3 Å². The maximum atomic E-state index is 15.2. The van der Waals surface area contributed by atoms with E-state index in [2.05, 4.69) is 15.6 Å². The molecule has 2 saturated heterocycles. The van der Waals surface area contributed by atoms with Crippen molar-refractivity contribution >= 4 is 29.0 Å². The number of aromatic nitrogens is 1. The van der Waals surface area contributed by atoms with Gasteiger partial charge in [-0.2, -0.15) is 0 Å². The van der Waals surface area contributed by atoms with Crippen molar-refractivity contribution in [3.63, 3.8) is 0 Å². The number of aliphatic imine (C=N–C) groups is 1. The number of amidine groups is 1. The van der Waals surface area contributed by atoms with E-state index in [9.17, 15) is 14.0 Å². The van der Waals surface area contributed by atoms with Crippen molar-refractivity contribution in [2.45, 2.75) is 32.0 Å². The summed E-state index contributed by atoms with van der Waals surface area (Å²) >= 11 is 1.39. The highest BCUT2D eigenvalue weighted by atomic mass is 32.1. The Bertz CT molecular complexity index is 1250. The van der Waals surface area contributed by atoms with Crippen molar-refractivity contribution in [2.24, 2.45) is 10.9 Å². The lowest BCUT2D eigenvalue weighted by atomic mass is 9.84. The smallest absolute Gasteiger partial charge is 0.338 e. The Hall–Kier alpha value is -3.18. The number of likely N-dealkylation sites (tertiary alicyclic amines) is 1. The monoisotopic (exact) mass is 515 g/mol. The number of benzene rings is 1. The Labute approximate surface area is 211 Å². The number of nitrogens with zero attached hydrogens (tertiary/aromatic N) is 3. The van der Waals surface area contributed by atoms with E-state index in [-0.39, 0.29) is 31.7 Å². The van der Waals surface area contributed by atoms with Crippen molar-refractivity contribution in [1.29, 1.82) is 0 Å². The fourth-order valence-electron chi connectivity index (χ4n) is 5.09. The molecule has 0 aliphatic carbocycles. The molecule has 1 aromatic carbocycles. The Balaban J connectivity index is 1.55. The lowest BCUT2D eigenvalue weighted by molar-refractivity contribution is -0.139. The van der Waals surface area contributed by atoms with E-state index in [1.54, 1.807) is 32.2 Å². The zero-order valence-electron chi connectivity index (χ0n) is 20.0. The summed E-state index contributed by atoms with van der Waals surface area (Å²) in [5, 5.41) is 8.35. The summed E-state index contributed by atoms with van der Waals surface area (Å²) in [5.74, 6) is -1.49. The van der Waals surface area contributed by atoms with Gasteiger partial charge in [-0.25, -0.2) is 18.6 Å². The van der Waals surface area contributed by atoms with Crippen LogP contribution >= 0.6 is 11.3 Å². The van der Waals surface area contributed by atoms with Crippen LogP contribution in [-0.2, 0) is 14.3 Å². The summed E-state index contributed by atoms with van der Waals surface area (Å²) in [6, 6.07) is 3.90. The molecule has 0 bridgehead atoms. The number of rotatable bonds is 6. The number of fused-ring (bicyclic) bond motifs is 1. The molecular formula is C25H27F2N5O3S. The minimum atomic E-state index is -1.86. The number of amides is 1. The first-order valence-corrected chi connectivity index (χ1v) is 12.8. The van der Waals surface area contributed by atoms with Gasteiger partial charge in [0.25, 0.3) is 5.91 Å². The highest BCUT2D eigenvalue weighted by molar-refractivity contribution is 7.11. The number of esters is 1. The molecule has 2 N–H and O–H groups in total. The van der Waals surface area contributed by atoms with Gasteiger partial charge in [-0.15, -0.1) is 11.3 Å². The van der Waals surface area contributed by atoms with Gasteiger partial charge in [-0.3, -0.25) is 14.7 Å². The number of nitrogens with one attached hydrogen (secondary N) is 2. The van der Waals surface area contributed by atoms with Gasteiger partial charge in [-0.05, 0) is 31.0 Å². The first-order chi connectivity index (χ1) is 17.3. The van der Waals surface area contributed by atoms with E-state index >= 15 is 4.39 Å². The molecule has 36 heavy (non-hydrogen) atoms. The Kier molecular flexibility index (Phi) is 6.60. The van der Waals surface area contributed by atoms with Crippen molar-refractivity contribution in [3.8, 4) is 0 Å². The van der Waals surface area contributed by atoms with Crippen molar-refractivity contribution < 1.29 is 23.1 Å². The highest BCUT2D eigenvalue weighted by Gasteiger charge is 2.53. The fourth-order valence-corrected chi connectivity index (χ4v) is 5.68. The summed E-state index contributed by atoms with van der Waals surface area (Å²) < 4.78 is 35.2. The quantitative estimate of drug-likeness (QED) is 0.575. The first kappa shape index (κ1) is 24.5. The Morgan fingerprint density at radius 3 is 2.97 bits per heavy atom. The number of hydrogen-bond donors (Lipinski definition) is 2. The molecule has 0 unspecified atom stereocenters. The summed E-state index contributed by atoms with van der Waals surface area (Å²) in [7, 11) is 0. The average Bonchev–Trinajstić information content (AvgIpc) is 3.50. The SMILES string of the molecule is CCOC(=O)C1=C(CN2CC[C@]3(F)C(=O)NC[C@@H]3C2)NC(c2nccs2)=N[C@H]1c1cccc(F)c1C. The lowest BCUT2D eigenvalue weighted by Crippen LogP contribution is -2.52. The number of hydrogen-bond acceptors (Lipinski definition) is 8. The van der Waals surface area contributed by atoms with Crippen molar-refractivity contribution in [1.82, 2.24) is 20.5 Å². The van der Waals surface area contributed by atoms with Gasteiger partial charge in [0.15, 0.2) is 16.5 Å². The second-order valence-corrected chi connectivity index (χ2v) is 10.1. The third kappa shape index (κ3) is 4.30. The summed E-state index contributed by atoms with van der Waals surface area (Å²) in [6.07, 6.45) is 1.73. The van der Waals surface area contributed by atoms with Crippen LogP contribution in [0.2, 0.25) is 0 Å². The second-order valence-electron chi connectivity index (χ2n) is 9.16. The molecule has 3 atom stereocenters. The van der Waals surface area contributed by atoms with Gasteiger partial charge in [0, 0.05) is 55.8 Å². The molecule has 8 nitrogen and oxygen atoms in total. The largest absolute Gasteiger partial charge is 0.463 e. The lowest BCUT2D eigenvalue weighted by Gasteiger charge is -2.38. The average molecular weight is 516 g/mol. The van der Waals surface area contributed by atoms with Gasteiger partial charge < -0.3 is 15.4 Å². The molecule has 3 aliphatic heterocycles. The second kappa shape index (κ2) is 9.70. The van der Waals surface area contributed by atoms with Crippen LogP contribution in [0.5, 0.6) is 0 Å². The van der Waals surface area contributed by atoms with E-state index in [0.717, 1.165) is 0 Å². The van der Waals surface area contributed by atoms with Crippen LogP contribution in [0.1, 0.15) is 35.5 Å².